The number of fused-ring (bicyclic) bond motifs is 1. The lowest BCUT2D eigenvalue weighted by atomic mass is 9.86. The molecular weight excluding hydrogens is 384 g/mol. The highest BCUT2D eigenvalue weighted by Gasteiger charge is 2.21. The molecule has 0 radical (unpaired) electrons. The zero-order valence-electron chi connectivity index (χ0n) is 16.2. The summed E-state index contributed by atoms with van der Waals surface area (Å²) in [6.07, 6.45) is 3.61. The first kappa shape index (κ1) is 19.3. The number of benzene rings is 3. The van der Waals surface area contributed by atoms with Crippen LogP contribution < -0.4 is 9.47 Å². The second-order valence-electron chi connectivity index (χ2n) is 6.97. The summed E-state index contributed by atoms with van der Waals surface area (Å²) >= 11 is 5.92. The number of allylic oxidation sites excluding steroid dienone is 1. The molecule has 0 heterocycles. The van der Waals surface area contributed by atoms with Crippen molar-refractivity contribution in [2.75, 3.05) is 7.11 Å². The van der Waals surface area contributed by atoms with Crippen LogP contribution in [0.4, 0.5) is 0 Å². The fourth-order valence-corrected chi connectivity index (χ4v) is 3.67. The first-order valence-corrected chi connectivity index (χ1v) is 9.90. The normalized spacial score (nSPS) is 14.6. The number of hydrogen-bond donors (Lipinski definition) is 0. The monoisotopic (exact) mass is 404 g/mol. The Hall–Kier alpha value is -3.04. The van der Waals surface area contributed by atoms with E-state index in [1.807, 2.05) is 60.7 Å². The Balaban J connectivity index is 1.57. The second-order valence-corrected chi connectivity index (χ2v) is 7.41. The quantitative estimate of drug-likeness (QED) is 0.479. The van der Waals surface area contributed by atoms with E-state index in [9.17, 15) is 4.79 Å². The molecule has 0 N–H and O–H groups in total. The van der Waals surface area contributed by atoms with Crippen LogP contribution in [0.2, 0.25) is 5.02 Å². The first-order valence-electron chi connectivity index (χ1n) is 9.52. The maximum Gasteiger partial charge on any atom is 0.189 e. The predicted molar refractivity (Wildman–Crippen MR) is 116 cm³/mol. The van der Waals surface area contributed by atoms with E-state index < -0.39 is 0 Å². The Morgan fingerprint density at radius 2 is 1.79 bits per heavy atom. The Kier molecular flexibility index (Phi) is 5.68. The molecule has 0 bridgehead atoms. The number of aryl methyl sites for hydroxylation is 1. The van der Waals surface area contributed by atoms with Crippen molar-refractivity contribution in [2.45, 2.75) is 19.4 Å². The van der Waals surface area contributed by atoms with Gasteiger partial charge in [0.1, 0.15) is 18.1 Å². The molecule has 29 heavy (non-hydrogen) atoms. The average molecular weight is 405 g/mol. The minimum atomic E-state index is 0.113. The largest absolute Gasteiger partial charge is 0.496 e. The molecule has 0 unspecified atom stereocenters. The molecular formula is C25H21ClO3. The predicted octanol–water partition coefficient (Wildman–Crippen LogP) is 6.14. The highest BCUT2D eigenvalue weighted by Crippen LogP contribution is 2.28. The summed E-state index contributed by atoms with van der Waals surface area (Å²) in [6.45, 7) is 0.360. The zero-order valence-corrected chi connectivity index (χ0v) is 16.9. The van der Waals surface area contributed by atoms with Gasteiger partial charge in [-0.3, -0.25) is 4.79 Å². The van der Waals surface area contributed by atoms with Crippen molar-refractivity contribution in [2.24, 2.45) is 0 Å². The molecule has 0 saturated heterocycles. The van der Waals surface area contributed by atoms with Gasteiger partial charge in [0.05, 0.1) is 7.11 Å². The van der Waals surface area contributed by atoms with Crippen molar-refractivity contribution in [1.82, 2.24) is 0 Å². The van der Waals surface area contributed by atoms with Crippen LogP contribution in [0.15, 0.2) is 72.3 Å². The zero-order chi connectivity index (χ0) is 20.2. The maximum atomic E-state index is 12.8. The molecule has 0 fully saturated rings. The summed E-state index contributed by atoms with van der Waals surface area (Å²) < 4.78 is 11.4. The minimum absolute atomic E-state index is 0.113. The van der Waals surface area contributed by atoms with Gasteiger partial charge in [-0.1, -0.05) is 41.9 Å². The third-order valence-corrected chi connectivity index (χ3v) is 5.32. The summed E-state index contributed by atoms with van der Waals surface area (Å²) in [7, 11) is 1.64. The van der Waals surface area contributed by atoms with Gasteiger partial charge in [0.25, 0.3) is 0 Å². The molecule has 4 rings (SSSR count). The van der Waals surface area contributed by atoms with Crippen LogP contribution in [0.1, 0.15) is 33.5 Å². The number of halogens is 1. The van der Waals surface area contributed by atoms with Gasteiger partial charge in [-0.2, -0.15) is 0 Å². The van der Waals surface area contributed by atoms with Gasteiger partial charge in [-0.25, -0.2) is 0 Å². The van der Waals surface area contributed by atoms with E-state index in [-0.39, 0.29) is 5.78 Å². The third kappa shape index (κ3) is 4.36. The molecule has 0 aromatic heterocycles. The fourth-order valence-electron chi connectivity index (χ4n) is 3.55. The van der Waals surface area contributed by atoms with Crippen molar-refractivity contribution >= 4 is 23.5 Å². The van der Waals surface area contributed by atoms with Gasteiger partial charge in [-0.15, -0.1) is 0 Å². The lowest BCUT2D eigenvalue weighted by Gasteiger charge is -2.17. The number of rotatable bonds is 5. The average Bonchev–Trinajstić information content (AvgIpc) is 2.75. The van der Waals surface area contributed by atoms with Gasteiger partial charge < -0.3 is 9.47 Å². The smallest absolute Gasteiger partial charge is 0.189 e. The van der Waals surface area contributed by atoms with Gasteiger partial charge in [0, 0.05) is 21.7 Å². The summed E-state index contributed by atoms with van der Waals surface area (Å²) in [5, 5.41) is 0.669. The minimum Gasteiger partial charge on any atom is -0.496 e. The van der Waals surface area contributed by atoms with E-state index in [0.717, 1.165) is 52.2 Å². The molecule has 1 aliphatic carbocycles. The lowest BCUT2D eigenvalue weighted by molar-refractivity contribution is 0.102. The van der Waals surface area contributed by atoms with Crippen molar-refractivity contribution in [3.8, 4) is 11.5 Å². The van der Waals surface area contributed by atoms with Gasteiger partial charge in [0.2, 0.25) is 0 Å². The second kappa shape index (κ2) is 8.54. The molecule has 4 heteroatoms. The number of ether oxygens (including phenoxy) is 2. The molecule has 3 nitrogen and oxygen atoms in total. The molecule has 3 aromatic carbocycles. The number of methoxy groups -OCH3 is 1. The molecule has 0 amide bonds. The summed E-state index contributed by atoms with van der Waals surface area (Å²) in [5.41, 5.74) is 4.65. The highest BCUT2D eigenvalue weighted by molar-refractivity contribution is 6.30. The number of ketones is 1. The van der Waals surface area contributed by atoms with Crippen LogP contribution in [0.25, 0.3) is 6.08 Å². The van der Waals surface area contributed by atoms with Gasteiger partial charge in [0.15, 0.2) is 5.78 Å². The summed E-state index contributed by atoms with van der Waals surface area (Å²) in [6, 6.07) is 21.0. The Morgan fingerprint density at radius 1 is 1.00 bits per heavy atom. The van der Waals surface area contributed by atoms with E-state index >= 15 is 0 Å². The van der Waals surface area contributed by atoms with E-state index in [0.29, 0.717) is 11.6 Å². The summed E-state index contributed by atoms with van der Waals surface area (Å²) in [4.78, 5) is 12.8. The number of Topliss-reactive ketones (excluding diaryl/α,β-unsaturated/α-hetero) is 1. The van der Waals surface area contributed by atoms with Crippen molar-refractivity contribution in [3.63, 3.8) is 0 Å². The van der Waals surface area contributed by atoms with Crippen molar-refractivity contribution < 1.29 is 14.3 Å². The van der Waals surface area contributed by atoms with Crippen LogP contribution in [0, 0.1) is 0 Å². The molecule has 0 aliphatic heterocycles. The van der Waals surface area contributed by atoms with Crippen LogP contribution in [-0.2, 0) is 13.0 Å². The van der Waals surface area contributed by atoms with Crippen molar-refractivity contribution in [1.29, 1.82) is 0 Å². The topological polar surface area (TPSA) is 35.5 Å². The summed E-state index contributed by atoms with van der Waals surface area (Å²) in [5.74, 6) is 1.60. The number of carbonyl (C=O) groups excluding carboxylic acids is 1. The van der Waals surface area contributed by atoms with Gasteiger partial charge in [-0.05, 0) is 66.4 Å². The molecule has 3 aromatic rings. The van der Waals surface area contributed by atoms with Crippen LogP contribution in [0.5, 0.6) is 11.5 Å². The molecule has 0 saturated carbocycles. The van der Waals surface area contributed by atoms with E-state index in [4.69, 9.17) is 21.1 Å². The van der Waals surface area contributed by atoms with E-state index in [1.165, 1.54) is 0 Å². The van der Waals surface area contributed by atoms with Gasteiger partial charge >= 0.3 is 0 Å². The van der Waals surface area contributed by atoms with Crippen LogP contribution in [0.3, 0.4) is 0 Å². The first-order chi connectivity index (χ1) is 14.1. The lowest BCUT2D eigenvalue weighted by Crippen LogP contribution is -2.13. The number of carbonyl (C=O) groups is 1. The van der Waals surface area contributed by atoms with Crippen LogP contribution in [-0.4, -0.2) is 12.9 Å². The standard InChI is InChI=1S/C25H21ClO3/c1-28-24-13-6-17(15-20(24)16-29-22-11-9-21(26)10-12-22)14-19-8-7-18-4-2-3-5-23(18)25(19)27/h2-6,9-15H,7-8,16H2,1H3/b19-14+. The molecule has 1 aliphatic rings. The molecule has 0 atom stereocenters. The highest BCUT2D eigenvalue weighted by atomic mass is 35.5. The maximum absolute atomic E-state index is 12.8. The molecule has 146 valence electrons. The third-order valence-electron chi connectivity index (χ3n) is 5.07. The Bertz CT molecular complexity index is 1070. The van der Waals surface area contributed by atoms with Crippen molar-refractivity contribution in [3.05, 3.63) is 99.6 Å². The van der Waals surface area contributed by atoms with E-state index in [2.05, 4.69) is 0 Å². The fraction of sp³-hybridized carbons (Fsp3) is 0.160. The molecule has 0 spiro atoms. The van der Waals surface area contributed by atoms with E-state index in [1.54, 1.807) is 19.2 Å². The number of hydrogen-bond acceptors (Lipinski definition) is 3. The van der Waals surface area contributed by atoms with Crippen LogP contribution >= 0.6 is 11.6 Å². The Labute approximate surface area is 175 Å². The Morgan fingerprint density at radius 3 is 2.59 bits per heavy atom. The SMILES string of the molecule is COc1ccc(/C=C2\CCc3ccccc3C2=O)cc1COc1ccc(Cl)cc1.